The number of hydrogen-bond donors (Lipinski definition) is 0. The Bertz CT molecular complexity index is 1620. The van der Waals surface area contributed by atoms with E-state index in [1.807, 2.05) is 34.2 Å². The fourth-order valence-corrected chi connectivity index (χ4v) is 6.46. The van der Waals surface area contributed by atoms with Crippen molar-refractivity contribution in [3.8, 4) is 28.5 Å². The molecule has 0 aliphatic carbocycles. The maximum Gasteiger partial charge on any atom is 0.243 e. The summed E-state index contributed by atoms with van der Waals surface area (Å²) in [7, 11) is 0.977. The number of ether oxygens (including phenoxy) is 3. The molecule has 9 nitrogen and oxygen atoms in total. The summed E-state index contributed by atoms with van der Waals surface area (Å²) in [6, 6.07) is 15.5. The molecule has 0 N–H and O–H groups in total. The number of nitrogens with zero attached hydrogens (tertiary/aromatic N) is 3. The SMILES string of the molecule is COc1ccc(S(=O)(=O)N(CCc2csc3nc(-c4cc(OC)ccc4OC)cn23)Cc2ccco2)cc1. The van der Waals surface area contributed by atoms with Crippen molar-refractivity contribution in [3.05, 3.63) is 83.9 Å². The Morgan fingerprint density at radius 1 is 1.00 bits per heavy atom. The van der Waals surface area contributed by atoms with Crippen LogP contribution in [0.25, 0.3) is 16.2 Å². The number of benzene rings is 2. The van der Waals surface area contributed by atoms with E-state index in [1.165, 1.54) is 21.9 Å². The predicted octanol–water partition coefficient (Wildman–Crippen LogP) is 5.12. The minimum Gasteiger partial charge on any atom is -0.497 e. The third-order valence-corrected chi connectivity index (χ3v) is 8.94. The summed E-state index contributed by atoms with van der Waals surface area (Å²) >= 11 is 1.50. The van der Waals surface area contributed by atoms with Gasteiger partial charge in [0.1, 0.15) is 23.0 Å². The van der Waals surface area contributed by atoms with E-state index in [2.05, 4.69) is 0 Å². The molecule has 0 atom stereocenters. The third kappa shape index (κ3) is 5.13. The van der Waals surface area contributed by atoms with Gasteiger partial charge in [0, 0.05) is 35.8 Å². The summed E-state index contributed by atoms with van der Waals surface area (Å²) < 4.78 is 52.2. The van der Waals surface area contributed by atoms with E-state index >= 15 is 0 Å². The largest absolute Gasteiger partial charge is 0.497 e. The van der Waals surface area contributed by atoms with Gasteiger partial charge in [-0.2, -0.15) is 4.31 Å². The van der Waals surface area contributed by atoms with Gasteiger partial charge in [-0.25, -0.2) is 13.4 Å². The maximum atomic E-state index is 13.6. The molecule has 0 unspecified atom stereocenters. The van der Waals surface area contributed by atoms with Crippen LogP contribution in [0.1, 0.15) is 11.5 Å². The number of hydrogen-bond acceptors (Lipinski definition) is 8. The number of furan rings is 1. The first-order valence-corrected chi connectivity index (χ1v) is 14.1. The summed E-state index contributed by atoms with van der Waals surface area (Å²) in [5.41, 5.74) is 2.50. The quantitative estimate of drug-likeness (QED) is 0.224. The van der Waals surface area contributed by atoms with Gasteiger partial charge < -0.3 is 18.6 Å². The van der Waals surface area contributed by atoms with Crippen molar-refractivity contribution in [1.29, 1.82) is 0 Å². The number of fused-ring (bicyclic) bond motifs is 1. The molecule has 11 heteroatoms. The summed E-state index contributed by atoms with van der Waals surface area (Å²) in [4.78, 5) is 5.77. The van der Waals surface area contributed by atoms with E-state index in [4.69, 9.17) is 23.6 Å². The van der Waals surface area contributed by atoms with Gasteiger partial charge in [-0.05, 0) is 54.6 Å². The minimum atomic E-state index is -3.80. The van der Waals surface area contributed by atoms with Gasteiger partial charge in [-0.15, -0.1) is 11.3 Å². The Balaban J connectivity index is 1.43. The zero-order valence-electron chi connectivity index (χ0n) is 21.2. The molecule has 38 heavy (non-hydrogen) atoms. The second-order valence-corrected chi connectivity index (χ2v) is 11.2. The highest BCUT2D eigenvalue weighted by molar-refractivity contribution is 7.89. The van der Waals surface area contributed by atoms with E-state index in [-0.39, 0.29) is 18.0 Å². The lowest BCUT2D eigenvalue weighted by Crippen LogP contribution is -2.32. The van der Waals surface area contributed by atoms with Crippen molar-refractivity contribution in [1.82, 2.24) is 13.7 Å². The molecule has 3 aromatic heterocycles. The molecule has 0 fully saturated rings. The van der Waals surface area contributed by atoms with Crippen LogP contribution in [-0.4, -0.2) is 50.0 Å². The molecule has 0 saturated heterocycles. The van der Waals surface area contributed by atoms with E-state index in [1.54, 1.807) is 57.7 Å². The van der Waals surface area contributed by atoms with Crippen LogP contribution in [0.2, 0.25) is 0 Å². The topological polar surface area (TPSA) is 95.5 Å². The fraction of sp³-hybridized carbons (Fsp3) is 0.222. The normalized spacial score (nSPS) is 11.8. The molecular weight excluding hydrogens is 526 g/mol. The number of sulfonamides is 1. The Morgan fingerprint density at radius 3 is 2.45 bits per heavy atom. The highest BCUT2D eigenvalue weighted by Crippen LogP contribution is 2.34. The number of thiazole rings is 1. The lowest BCUT2D eigenvalue weighted by Gasteiger charge is -2.21. The van der Waals surface area contributed by atoms with Crippen LogP contribution in [0.3, 0.4) is 0 Å². The van der Waals surface area contributed by atoms with Gasteiger partial charge in [0.2, 0.25) is 10.0 Å². The molecule has 0 aliphatic rings. The standard InChI is InChI=1S/C27H27N3O6S2/c1-33-20-6-9-23(10-7-20)38(31,32)29(16-22-5-4-14-36-22)13-12-19-18-37-27-28-25(17-30(19)27)24-15-21(34-2)8-11-26(24)35-3/h4-11,14-15,17-18H,12-13,16H2,1-3H3. The molecule has 0 radical (unpaired) electrons. The zero-order valence-corrected chi connectivity index (χ0v) is 22.8. The molecule has 198 valence electrons. The fourth-order valence-electron chi connectivity index (χ4n) is 4.15. The van der Waals surface area contributed by atoms with E-state index in [0.29, 0.717) is 29.4 Å². The van der Waals surface area contributed by atoms with Gasteiger partial charge in [0.15, 0.2) is 4.96 Å². The lowest BCUT2D eigenvalue weighted by atomic mass is 10.1. The molecule has 3 heterocycles. The summed E-state index contributed by atoms with van der Waals surface area (Å²) in [5.74, 6) is 2.54. The average molecular weight is 554 g/mol. The van der Waals surface area contributed by atoms with Crippen LogP contribution in [0.4, 0.5) is 0 Å². The third-order valence-electron chi connectivity index (χ3n) is 6.19. The Labute approximate surface area is 224 Å². The molecule has 2 aromatic carbocycles. The molecular formula is C27H27N3O6S2. The molecule has 0 aliphatic heterocycles. The first kappa shape index (κ1) is 25.8. The molecule has 5 rings (SSSR count). The minimum absolute atomic E-state index is 0.116. The Kier molecular flexibility index (Phi) is 7.41. The summed E-state index contributed by atoms with van der Waals surface area (Å²) in [6.45, 7) is 0.363. The van der Waals surface area contributed by atoms with Crippen LogP contribution in [-0.2, 0) is 23.0 Å². The second-order valence-electron chi connectivity index (χ2n) is 8.42. The van der Waals surface area contributed by atoms with Crippen molar-refractivity contribution in [2.45, 2.75) is 17.9 Å². The molecule has 0 spiro atoms. The Hall–Kier alpha value is -3.80. The molecule has 0 amide bonds. The molecule has 5 aromatic rings. The smallest absolute Gasteiger partial charge is 0.243 e. The predicted molar refractivity (Wildman–Crippen MR) is 145 cm³/mol. The highest BCUT2D eigenvalue weighted by Gasteiger charge is 2.26. The average Bonchev–Trinajstić information content (AvgIpc) is 3.69. The van der Waals surface area contributed by atoms with Crippen LogP contribution in [0.5, 0.6) is 17.2 Å². The number of aromatic nitrogens is 2. The van der Waals surface area contributed by atoms with Crippen LogP contribution >= 0.6 is 11.3 Å². The number of rotatable bonds is 11. The van der Waals surface area contributed by atoms with Crippen molar-refractivity contribution in [3.63, 3.8) is 0 Å². The zero-order chi connectivity index (χ0) is 26.7. The first-order valence-electron chi connectivity index (χ1n) is 11.8. The van der Waals surface area contributed by atoms with Crippen LogP contribution in [0.15, 0.2) is 81.8 Å². The van der Waals surface area contributed by atoms with Gasteiger partial charge in [-0.3, -0.25) is 4.40 Å². The maximum absolute atomic E-state index is 13.6. The van der Waals surface area contributed by atoms with E-state index < -0.39 is 10.0 Å². The van der Waals surface area contributed by atoms with Crippen LogP contribution < -0.4 is 14.2 Å². The lowest BCUT2D eigenvalue weighted by molar-refractivity contribution is 0.364. The first-order chi connectivity index (χ1) is 18.4. The van der Waals surface area contributed by atoms with E-state index in [0.717, 1.165) is 21.9 Å². The Morgan fingerprint density at radius 2 is 1.76 bits per heavy atom. The van der Waals surface area contributed by atoms with Gasteiger partial charge >= 0.3 is 0 Å². The highest BCUT2D eigenvalue weighted by atomic mass is 32.2. The van der Waals surface area contributed by atoms with Crippen molar-refractivity contribution in [2.24, 2.45) is 0 Å². The van der Waals surface area contributed by atoms with E-state index in [9.17, 15) is 8.42 Å². The number of methoxy groups -OCH3 is 3. The van der Waals surface area contributed by atoms with Gasteiger partial charge in [-0.1, -0.05) is 0 Å². The van der Waals surface area contributed by atoms with Crippen molar-refractivity contribution in [2.75, 3.05) is 27.9 Å². The molecule has 0 bridgehead atoms. The van der Waals surface area contributed by atoms with Crippen molar-refractivity contribution >= 4 is 26.3 Å². The van der Waals surface area contributed by atoms with Gasteiger partial charge in [0.05, 0.1) is 44.7 Å². The molecule has 0 saturated carbocycles. The van der Waals surface area contributed by atoms with Crippen LogP contribution in [0, 0.1) is 0 Å². The second kappa shape index (κ2) is 10.9. The number of imidazole rings is 1. The van der Waals surface area contributed by atoms with Crippen molar-refractivity contribution < 1.29 is 27.0 Å². The monoisotopic (exact) mass is 553 g/mol. The summed E-state index contributed by atoms with van der Waals surface area (Å²) in [5, 5.41) is 2.00. The summed E-state index contributed by atoms with van der Waals surface area (Å²) in [6.07, 6.45) is 3.95. The van der Waals surface area contributed by atoms with Gasteiger partial charge in [0.25, 0.3) is 0 Å².